The first-order valence-corrected chi connectivity index (χ1v) is 7.76. The molecule has 2 heteroatoms. The van der Waals surface area contributed by atoms with Gasteiger partial charge in [0.2, 0.25) is 0 Å². The Hall–Kier alpha value is 0.495. The van der Waals surface area contributed by atoms with E-state index in [-0.39, 0.29) is 0 Å². The van der Waals surface area contributed by atoms with Crippen LogP contribution < -0.4 is 0 Å². The van der Waals surface area contributed by atoms with E-state index < -0.39 is 7.26 Å². The van der Waals surface area contributed by atoms with Crippen molar-refractivity contribution < 1.29 is 0 Å². The predicted octanol–water partition coefficient (Wildman–Crippen LogP) is 1.92. The van der Waals surface area contributed by atoms with E-state index >= 15 is 0 Å². The van der Waals surface area contributed by atoms with Crippen LogP contribution in [0.1, 0.15) is 33.6 Å². The van der Waals surface area contributed by atoms with Gasteiger partial charge in [-0.1, -0.05) is 0 Å². The van der Waals surface area contributed by atoms with Gasteiger partial charge in [0.15, 0.2) is 0 Å². The Bertz CT molecular complexity index is 128. The summed E-state index contributed by atoms with van der Waals surface area (Å²) >= 11 is 0. The topological polar surface area (TPSA) is 0 Å². The molecule has 0 bridgehead atoms. The second kappa shape index (κ2) is 3.09. The van der Waals surface area contributed by atoms with Gasteiger partial charge >= 0.3 is 72.3 Å². The first-order chi connectivity index (χ1) is 5.14. The standard InChI is InChI=1S/C9H22BP/c1-4-11(5-2,6-3)9(10)7-8-9/h11H,4-8,10H2,1-3H3. The van der Waals surface area contributed by atoms with Crippen molar-refractivity contribution in [2.45, 2.75) is 38.7 Å². The first kappa shape index (κ1) is 9.58. The molecule has 0 radical (unpaired) electrons. The van der Waals surface area contributed by atoms with Gasteiger partial charge in [-0.3, -0.25) is 0 Å². The van der Waals surface area contributed by atoms with Gasteiger partial charge in [0, 0.05) is 0 Å². The van der Waals surface area contributed by atoms with Crippen LogP contribution in [0.2, 0.25) is 0 Å². The molecule has 1 rings (SSSR count). The van der Waals surface area contributed by atoms with Crippen molar-refractivity contribution in [2.24, 2.45) is 0 Å². The van der Waals surface area contributed by atoms with Crippen LogP contribution in [0.3, 0.4) is 0 Å². The molecule has 0 heterocycles. The molecule has 66 valence electrons. The van der Waals surface area contributed by atoms with Crippen LogP contribution in [0.25, 0.3) is 0 Å². The van der Waals surface area contributed by atoms with Gasteiger partial charge < -0.3 is 0 Å². The van der Waals surface area contributed by atoms with E-state index in [4.69, 9.17) is 0 Å². The minimum absolute atomic E-state index is 0.808. The van der Waals surface area contributed by atoms with E-state index in [1.807, 2.05) is 0 Å². The van der Waals surface area contributed by atoms with Gasteiger partial charge in [0.1, 0.15) is 0 Å². The summed E-state index contributed by atoms with van der Waals surface area (Å²) in [5.74, 6) is 0. The van der Waals surface area contributed by atoms with E-state index in [0.717, 1.165) is 5.06 Å². The minimum atomic E-state index is -0.808. The summed E-state index contributed by atoms with van der Waals surface area (Å²) in [6.45, 7) is 7.26. The van der Waals surface area contributed by atoms with E-state index in [0.29, 0.717) is 0 Å². The fourth-order valence-corrected chi connectivity index (χ4v) is 7.99. The molecule has 0 N–H and O–H groups in total. The summed E-state index contributed by atoms with van der Waals surface area (Å²) in [6.07, 6.45) is 7.60. The maximum absolute atomic E-state index is 2.54. The Labute approximate surface area is 72.9 Å². The molecule has 0 unspecified atom stereocenters. The second-order valence-corrected chi connectivity index (χ2v) is 10.3. The molecule has 0 aromatic rings. The van der Waals surface area contributed by atoms with Gasteiger partial charge in [0.05, 0.1) is 0 Å². The molecule has 0 aromatic carbocycles. The van der Waals surface area contributed by atoms with Crippen molar-refractivity contribution in [3.8, 4) is 0 Å². The van der Waals surface area contributed by atoms with E-state index in [2.05, 4.69) is 28.6 Å². The molecule has 1 aliphatic rings. The zero-order valence-corrected chi connectivity index (χ0v) is 9.54. The molecular formula is C9H22BP. The molecule has 0 nitrogen and oxygen atoms in total. The van der Waals surface area contributed by atoms with E-state index in [9.17, 15) is 0 Å². The molecule has 0 atom stereocenters. The molecule has 0 saturated heterocycles. The SMILES string of the molecule is BC1([PH](CC)(CC)CC)CC1. The average Bonchev–Trinajstić information content (AvgIpc) is 2.74. The molecule has 11 heavy (non-hydrogen) atoms. The van der Waals surface area contributed by atoms with Gasteiger partial charge in [-0.25, -0.2) is 0 Å². The Balaban J connectivity index is 2.71. The molecular weight excluding hydrogens is 150 g/mol. The van der Waals surface area contributed by atoms with Crippen LogP contribution in [0.5, 0.6) is 0 Å². The van der Waals surface area contributed by atoms with Crippen LogP contribution >= 0.6 is 7.26 Å². The van der Waals surface area contributed by atoms with Gasteiger partial charge in [0.25, 0.3) is 0 Å². The quantitative estimate of drug-likeness (QED) is 0.449. The number of hydrogen-bond acceptors (Lipinski definition) is 0. The Morgan fingerprint density at radius 1 is 1.09 bits per heavy atom. The van der Waals surface area contributed by atoms with E-state index in [1.54, 1.807) is 0 Å². The van der Waals surface area contributed by atoms with Crippen molar-refractivity contribution in [3.05, 3.63) is 0 Å². The van der Waals surface area contributed by atoms with Crippen LogP contribution in [0.4, 0.5) is 0 Å². The fourth-order valence-electron chi connectivity index (χ4n) is 2.75. The van der Waals surface area contributed by atoms with Crippen LogP contribution in [0.15, 0.2) is 0 Å². The Morgan fingerprint density at radius 3 is 1.55 bits per heavy atom. The predicted molar refractivity (Wildman–Crippen MR) is 60.4 cm³/mol. The summed E-state index contributed by atoms with van der Waals surface area (Å²) < 4.78 is 0. The molecule has 0 aromatic heterocycles. The van der Waals surface area contributed by atoms with Crippen molar-refractivity contribution in [2.75, 3.05) is 18.5 Å². The fraction of sp³-hybridized carbons (Fsp3) is 1.00. The normalized spacial score (nSPS) is 23.2. The summed E-state index contributed by atoms with van der Waals surface area (Å²) in [7, 11) is 1.73. The van der Waals surface area contributed by atoms with Crippen LogP contribution in [0, 0.1) is 0 Å². The van der Waals surface area contributed by atoms with Crippen LogP contribution in [-0.4, -0.2) is 31.4 Å². The Kier molecular flexibility index (Phi) is 2.69. The van der Waals surface area contributed by atoms with Crippen LogP contribution in [-0.2, 0) is 0 Å². The third-order valence-electron chi connectivity index (χ3n) is 4.31. The summed E-state index contributed by atoms with van der Waals surface area (Å²) in [4.78, 5) is 0. The van der Waals surface area contributed by atoms with Gasteiger partial charge in [-0.2, -0.15) is 0 Å². The van der Waals surface area contributed by atoms with E-state index in [1.165, 1.54) is 31.3 Å². The maximum atomic E-state index is 2.54. The molecule has 1 aliphatic carbocycles. The molecule has 0 aliphatic heterocycles. The first-order valence-electron chi connectivity index (χ1n) is 5.14. The molecule has 1 fully saturated rings. The number of hydrogen-bond donors (Lipinski definition) is 0. The Morgan fingerprint density at radius 2 is 1.45 bits per heavy atom. The summed E-state index contributed by atoms with van der Waals surface area (Å²) in [5.41, 5.74) is 0. The van der Waals surface area contributed by atoms with Crippen molar-refractivity contribution in [1.82, 2.24) is 0 Å². The van der Waals surface area contributed by atoms with Crippen molar-refractivity contribution >= 4 is 15.1 Å². The van der Waals surface area contributed by atoms with Crippen molar-refractivity contribution in [1.29, 1.82) is 0 Å². The summed E-state index contributed by atoms with van der Waals surface area (Å²) in [5, 5.41) is 0.852. The third kappa shape index (κ3) is 1.37. The molecule has 1 saturated carbocycles. The van der Waals surface area contributed by atoms with Crippen molar-refractivity contribution in [3.63, 3.8) is 0 Å². The monoisotopic (exact) mass is 172 g/mol. The third-order valence-corrected chi connectivity index (χ3v) is 11.4. The zero-order chi connectivity index (χ0) is 8.54. The molecule has 0 amide bonds. The zero-order valence-electron chi connectivity index (χ0n) is 8.54. The number of rotatable bonds is 4. The second-order valence-electron chi connectivity index (χ2n) is 4.40. The summed E-state index contributed by atoms with van der Waals surface area (Å²) in [6, 6.07) is 0. The molecule has 0 spiro atoms. The average molecular weight is 172 g/mol. The van der Waals surface area contributed by atoms with Gasteiger partial charge in [-0.15, -0.1) is 0 Å². The van der Waals surface area contributed by atoms with Gasteiger partial charge in [-0.05, 0) is 0 Å².